The first kappa shape index (κ1) is 20.2. The van der Waals surface area contributed by atoms with Crippen molar-refractivity contribution >= 4 is 11.6 Å². The molecule has 2 aromatic carbocycles. The number of nitrogens with one attached hydrogen (secondary N) is 1. The van der Waals surface area contributed by atoms with Crippen LogP contribution in [0.1, 0.15) is 24.8 Å². The van der Waals surface area contributed by atoms with E-state index in [9.17, 15) is 4.79 Å². The number of ether oxygens (including phenoxy) is 1. The third-order valence-electron chi connectivity index (χ3n) is 5.47. The molecule has 1 heterocycles. The Labute approximate surface area is 168 Å². The van der Waals surface area contributed by atoms with Crippen molar-refractivity contribution in [2.75, 3.05) is 51.3 Å². The van der Waals surface area contributed by atoms with E-state index in [0.29, 0.717) is 19.0 Å². The van der Waals surface area contributed by atoms with Gasteiger partial charge < -0.3 is 15.0 Å². The maximum absolute atomic E-state index is 12.4. The van der Waals surface area contributed by atoms with Gasteiger partial charge in [0.05, 0.1) is 13.7 Å². The molecule has 0 unspecified atom stereocenters. The monoisotopic (exact) mass is 381 g/mol. The average Bonchev–Trinajstić information content (AvgIpc) is 2.75. The second kappa shape index (κ2) is 10.1. The Morgan fingerprint density at radius 2 is 1.82 bits per heavy atom. The van der Waals surface area contributed by atoms with Gasteiger partial charge in [-0.25, -0.2) is 0 Å². The molecular formula is C23H31N3O2. The highest BCUT2D eigenvalue weighted by atomic mass is 16.5. The first-order chi connectivity index (χ1) is 13.7. The van der Waals surface area contributed by atoms with Gasteiger partial charge in [-0.15, -0.1) is 0 Å². The van der Waals surface area contributed by atoms with Crippen LogP contribution in [0.3, 0.4) is 0 Å². The highest BCUT2D eigenvalue weighted by Gasteiger charge is 2.20. The lowest BCUT2D eigenvalue weighted by Crippen LogP contribution is -2.49. The normalized spacial score (nSPS) is 15.9. The minimum atomic E-state index is 0.115. The van der Waals surface area contributed by atoms with E-state index in [0.717, 1.165) is 38.3 Å². The highest BCUT2D eigenvalue weighted by Crippen LogP contribution is 2.22. The summed E-state index contributed by atoms with van der Waals surface area (Å²) in [6, 6.07) is 18.6. The molecule has 0 bridgehead atoms. The smallest absolute Gasteiger partial charge is 0.234 e. The summed E-state index contributed by atoms with van der Waals surface area (Å²) in [6.45, 7) is 6.95. The fraction of sp³-hybridized carbons (Fsp3) is 0.435. The summed E-state index contributed by atoms with van der Waals surface area (Å²) in [7, 11) is 1.69. The molecule has 2 aromatic rings. The van der Waals surface area contributed by atoms with Gasteiger partial charge in [0.25, 0.3) is 0 Å². The lowest BCUT2D eigenvalue weighted by atomic mass is 9.96. The molecule has 150 valence electrons. The number of amides is 1. The van der Waals surface area contributed by atoms with E-state index < -0.39 is 0 Å². The van der Waals surface area contributed by atoms with E-state index in [1.165, 1.54) is 11.3 Å². The van der Waals surface area contributed by atoms with Crippen LogP contribution in [0.5, 0.6) is 5.75 Å². The van der Waals surface area contributed by atoms with Crippen molar-refractivity contribution in [3.05, 3.63) is 60.2 Å². The SMILES string of the molecule is CC[C@@H](CNC(=O)CN1CCN(c2cccc(OC)c2)CC1)c1ccccc1. The van der Waals surface area contributed by atoms with E-state index >= 15 is 0 Å². The molecule has 1 N–H and O–H groups in total. The Morgan fingerprint density at radius 3 is 2.50 bits per heavy atom. The number of nitrogens with zero attached hydrogens (tertiary/aromatic N) is 2. The Hall–Kier alpha value is -2.53. The van der Waals surface area contributed by atoms with Crippen molar-refractivity contribution in [2.24, 2.45) is 0 Å². The molecule has 3 rings (SSSR count). The van der Waals surface area contributed by atoms with Gasteiger partial charge in [0.2, 0.25) is 5.91 Å². The number of carbonyl (C=O) groups excluding carboxylic acids is 1. The van der Waals surface area contributed by atoms with E-state index in [2.05, 4.69) is 58.4 Å². The van der Waals surface area contributed by atoms with Crippen LogP contribution in [-0.4, -0.2) is 57.2 Å². The number of piperazine rings is 1. The van der Waals surface area contributed by atoms with Crippen molar-refractivity contribution in [3.63, 3.8) is 0 Å². The zero-order valence-corrected chi connectivity index (χ0v) is 16.9. The highest BCUT2D eigenvalue weighted by molar-refractivity contribution is 5.78. The van der Waals surface area contributed by atoms with Gasteiger partial charge in [0, 0.05) is 50.4 Å². The Kier molecular flexibility index (Phi) is 7.31. The van der Waals surface area contributed by atoms with Crippen molar-refractivity contribution < 1.29 is 9.53 Å². The van der Waals surface area contributed by atoms with Crippen LogP contribution in [0.2, 0.25) is 0 Å². The predicted molar refractivity (Wildman–Crippen MR) is 114 cm³/mol. The second-order valence-corrected chi connectivity index (χ2v) is 7.28. The van der Waals surface area contributed by atoms with Crippen LogP contribution in [-0.2, 0) is 4.79 Å². The minimum Gasteiger partial charge on any atom is -0.497 e. The molecule has 0 saturated carbocycles. The third-order valence-corrected chi connectivity index (χ3v) is 5.47. The quantitative estimate of drug-likeness (QED) is 0.763. The number of carbonyl (C=O) groups is 1. The average molecular weight is 382 g/mol. The molecule has 1 aliphatic heterocycles. The van der Waals surface area contributed by atoms with Crippen LogP contribution < -0.4 is 15.0 Å². The summed E-state index contributed by atoms with van der Waals surface area (Å²) in [5, 5.41) is 3.13. The van der Waals surface area contributed by atoms with Gasteiger partial charge in [-0.1, -0.05) is 43.3 Å². The maximum atomic E-state index is 12.4. The fourth-order valence-corrected chi connectivity index (χ4v) is 3.69. The Bertz CT molecular complexity index is 743. The van der Waals surface area contributed by atoms with Gasteiger partial charge in [0.15, 0.2) is 0 Å². The van der Waals surface area contributed by atoms with Crippen LogP contribution >= 0.6 is 0 Å². The standard InChI is InChI=1S/C23H31N3O2/c1-3-19(20-8-5-4-6-9-20)17-24-23(27)18-25-12-14-26(15-13-25)21-10-7-11-22(16-21)28-2/h4-11,16,19H,3,12-15,17-18H2,1-2H3,(H,24,27)/t19-/m0/s1. The molecule has 0 radical (unpaired) electrons. The van der Waals surface area contributed by atoms with Gasteiger partial charge in [-0.3, -0.25) is 9.69 Å². The fourth-order valence-electron chi connectivity index (χ4n) is 3.69. The molecule has 1 amide bonds. The summed E-state index contributed by atoms with van der Waals surface area (Å²) in [5.41, 5.74) is 2.47. The number of methoxy groups -OCH3 is 1. The molecule has 0 spiro atoms. The molecule has 1 fully saturated rings. The van der Waals surface area contributed by atoms with Crippen LogP contribution in [0.25, 0.3) is 0 Å². The molecule has 0 aliphatic carbocycles. The number of anilines is 1. The third kappa shape index (κ3) is 5.49. The van der Waals surface area contributed by atoms with Crippen molar-refractivity contribution in [2.45, 2.75) is 19.3 Å². The Morgan fingerprint density at radius 1 is 1.07 bits per heavy atom. The molecular weight excluding hydrogens is 350 g/mol. The predicted octanol–water partition coefficient (Wildman–Crippen LogP) is 3.13. The Balaban J connectivity index is 1.43. The molecule has 5 heteroatoms. The number of rotatable bonds is 8. The van der Waals surface area contributed by atoms with Crippen LogP contribution in [0.15, 0.2) is 54.6 Å². The number of hydrogen-bond acceptors (Lipinski definition) is 4. The molecule has 1 saturated heterocycles. The molecule has 0 aromatic heterocycles. The van der Waals surface area contributed by atoms with E-state index in [1.54, 1.807) is 7.11 Å². The molecule has 5 nitrogen and oxygen atoms in total. The van der Waals surface area contributed by atoms with Crippen LogP contribution in [0.4, 0.5) is 5.69 Å². The summed E-state index contributed by atoms with van der Waals surface area (Å²) in [5.74, 6) is 1.36. The topological polar surface area (TPSA) is 44.8 Å². The number of benzene rings is 2. The zero-order valence-electron chi connectivity index (χ0n) is 16.9. The van der Waals surface area contributed by atoms with Crippen molar-refractivity contribution in [1.29, 1.82) is 0 Å². The molecule has 1 aliphatic rings. The van der Waals surface area contributed by atoms with E-state index in [-0.39, 0.29) is 5.91 Å². The van der Waals surface area contributed by atoms with Crippen LogP contribution in [0, 0.1) is 0 Å². The number of hydrogen-bond donors (Lipinski definition) is 1. The lowest BCUT2D eigenvalue weighted by molar-refractivity contribution is -0.122. The van der Waals surface area contributed by atoms with Gasteiger partial charge in [-0.05, 0) is 24.1 Å². The summed E-state index contributed by atoms with van der Waals surface area (Å²) in [6.07, 6.45) is 1.02. The van der Waals surface area contributed by atoms with Crippen molar-refractivity contribution in [1.82, 2.24) is 10.2 Å². The zero-order chi connectivity index (χ0) is 19.8. The first-order valence-electron chi connectivity index (χ1n) is 10.1. The summed E-state index contributed by atoms with van der Waals surface area (Å²) >= 11 is 0. The lowest BCUT2D eigenvalue weighted by Gasteiger charge is -2.35. The van der Waals surface area contributed by atoms with E-state index in [4.69, 9.17) is 4.74 Å². The summed E-state index contributed by atoms with van der Waals surface area (Å²) in [4.78, 5) is 17.0. The maximum Gasteiger partial charge on any atom is 0.234 e. The molecule has 1 atom stereocenters. The first-order valence-corrected chi connectivity index (χ1v) is 10.1. The largest absolute Gasteiger partial charge is 0.497 e. The van der Waals surface area contributed by atoms with E-state index in [1.807, 2.05) is 18.2 Å². The van der Waals surface area contributed by atoms with Gasteiger partial charge >= 0.3 is 0 Å². The minimum absolute atomic E-state index is 0.115. The van der Waals surface area contributed by atoms with Gasteiger partial charge in [0.1, 0.15) is 5.75 Å². The second-order valence-electron chi connectivity index (χ2n) is 7.28. The molecule has 28 heavy (non-hydrogen) atoms. The van der Waals surface area contributed by atoms with Gasteiger partial charge in [-0.2, -0.15) is 0 Å². The summed E-state index contributed by atoms with van der Waals surface area (Å²) < 4.78 is 5.32. The van der Waals surface area contributed by atoms with Crippen molar-refractivity contribution in [3.8, 4) is 5.75 Å².